The Labute approximate surface area is 103 Å². The monoisotopic (exact) mass is 301 g/mol. The maximum absolute atomic E-state index is 11.3. The van der Waals surface area contributed by atoms with Crippen molar-refractivity contribution in [2.45, 2.75) is 5.75 Å². The number of hydrogen-bond acceptors (Lipinski definition) is 2. The molecule has 5 heteroatoms. The van der Waals surface area contributed by atoms with Crippen LogP contribution in [0.3, 0.4) is 0 Å². The summed E-state index contributed by atoms with van der Waals surface area (Å²) >= 11 is 3.40. The minimum Gasteiger partial charge on any atom is -0.347 e. The summed E-state index contributed by atoms with van der Waals surface area (Å²) in [6, 6.07) is 7.83. The molecule has 0 aliphatic carbocycles. The first-order valence-corrected chi connectivity index (χ1v) is 7.64. The zero-order valence-electron chi connectivity index (χ0n) is 9.07. The van der Waals surface area contributed by atoms with Crippen LogP contribution < -0.4 is 0 Å². The summed E-state index contributed by atoms with van der Waals surface area (Å²) in [5.74, 6) is 0.0792. The molecule has 0 amide bonds. The van der Waals surface area contributed by atoms with Gasteiger partial charge in [-0.2, -0.15) is 0 Å². The molecule has 0 atom stereocenters. The third-order valence-electron chi connectivity index (χ3n) is 2.51. The largest absolute Gasteiger partial charge is 0.347 e. The van der Waals surface area contributed by atoms with Crippen molar-refractivity contribution in [3.63, 3.8) is 0 Å². The van der Waals surface area contributed by atoms with Crippen LogP contribution >= 0.6 is 15.9 Å². The molecule has 1 aromatic heterocycles. The van der Waals surface area contributed by atoms with Gasteiger partial charge in [-0.1, -0.05) is 15.9 Å². The van der Waals surface area contributed by atoms with E-state index in [1.54, 1.807) is 0 Å². The van der Waals surface area contributed by atoms with Gasteiger partial charge in [0.2, 0.25) is 0 Å². The van der Waals surface area contributed by atoms with Crippen LogP contribution in [-0.4, -0.2) is 19.2 Å². The molecule has 2 rings (SSSR count). The maximum Gasteiger partial charge on any atom is 0.153 e. The Kier molecular flexibility index (Phi) is 2.84. The normalized spacial score (nSPS) is 12.2. The molecule has 0 bridgehead atoms. The standard InChI is InChI=1S/C11H12BrNO2S/c1-13-10(7-16(2,14)15)6-8-5-9(12)3-4-11(8)13/h3-6H,7H2,1-2H3. The topological polar surface area (TPSA) is 39.1 Å². The van der Waals surface area contributed by atoms with Gasteiger partial charge in [0, 0.05) is 34.4 Å². The summed E-state index contributed by atoms with van der Waals surface area (Å²) in [4.78, 5) is 0. The Morgan fingerprint density at radius 2 is 2.00 bits per heavy atom. The van der Waals surface area contributed by atoms with Crippen LogP contribution in [0.15, 0.2) is 28.7 Å². The van der Waals surface area contributed by atoms with Crippen LogP contribution in [0.2, 0.25) is 0 Å². The summed E-state index contributed by atoms with van der Waals surface area (Å²) < 4.78 is 25.5. The van der Waals surface area contributed by atoms with Crippen molar-refractivity contribution in [1.29, 1.82) is 0 Å². The van der Waals surface area contributed by atoms with Crippen molar-refractivity contribution >= 4 is 36.7 Å². The molecule has 0 aliphatic heterocycles. The van der Waals surface area contributed by atoms with E-state index in [4.69, 9.17) is 0 Å². The third-order valence-corrected chi connectivity index (χ3v) is 3.83. The predicted octanol–water partition coefficient (Wildman–Crippen LogP) is 2.49. The molecule has 0 N–H and O–H groups in total. The number of nitrogens with zero attached hydrogens (tertiary/aromatic N) is 1. The predicted molar refractivity (Wildman–Crippen MR) is 69.2 cm³/mol. The second-order valence-corrected chi connectivity index (χ2v) is 7.02. The fourth-order valence-corrected chi connectivity index (χ4v) is 2.98. The quantitative estimate of drug-likeness (QED) is 0.855. The molecule has 0 fully saturated rings. The van der Waals surface area contributed by atoms with Crippen molar-refractivity contribution in [1.82, 2.24) is 4.57 Å². The van der Waals surface area contributed by atoms with Crippen LogP contribution in [0.5, 0.6) is 0 Å². The van der Waals surface area contributed by atoms with Crippen molar-refractivity contribution in [2.24, 2.45) is 7.05 Å². The van der Waals surface area contributed by atoms with Gasteiger partial charge in [0.1, 0.15) is 0 Å². The number of benzene rings is 1. The SMILES string of the molecule is Cn1c(CS(C)(=O)=O)cc2cc(Br)ccc21. The van der Waals surface area contributed by atoms with E-state index in [1.165, 1.54) is 6.26 Å². The lowest BCUT2D eigenvalue weighted by atomic mass is 10.2. The van der Waals surface area contributed by atoms with Gasteiger partial charge < -0.3 is 4.57 Å². The van der Waals surface area contributed by atoms with E-state index < -0.39 is 9.84 Å². The lowest BCUT2D eigenvalue weighted by Crippen LogP contribution is -2.05. The van der Waals surface area contributed by atoms with Gasteiger partial charge in [-0.3, -0.25) is 0 Å². The van der Waals surface area contributed by atoms with Crippen molar-refractivity contribution in [3.05, 3.63) is 34.4 Å². The minimum atomic E-state index is -2.99. The van der Waals surface area contributed by atoms with Gasteiger partial charge >= 0.3 is 0 Å². The number of aromatic nitrogens is 1. The number of rotatable bonds is 2. The first-order valence-electron chi connectivity index (χ1n) is 4.78. The van der Waals surface area contributed by atoms with Crippen LogP contribution in [0.1, 0.15) is 5.69 Å². The van der Waals surface area contributed by atoms with E-state index >= 15 is 0 Å². The second kappa shape index (κ2) is 3.89. The molecule has 0 saturated carbocycles. The zero-order chi connectivity index (χ0) is 11.9. The fourth-order valence-electron chi connectivity index (χ4n) is 1.78. The maximum atomic E-state index is 11.3. The number of aryl methyl sites for hydroxylation is 1. The van der Waals surface area contributed by atoms with Gasteiger partial charge in [-0.05, 0) is 24.3 Å². The zero-order valence-corrected chi connectivity index (χ0v) is 11.5. The molecule has 0 spiro atoms. The van der Waals surface area contributed by atoms with Gasteiger partial charge in [-0.15, -0.1) is 0 Å². The molecule has 0 unspecified atom stereocenters. The van der Waals surface area contributed by atoms with E-state index in [9.17, 15) is 8.42 Å². The average Bonchev–Trinajstić information content (AvgIpc) is 2.40. The molecular formula is C11H12BrNO2S. The smallest absolute Gasteiger partial charge is 0.153 e. The Morgan fingerprint density at radius 3 is 2.62 bits per heavy atom. The summed E-state index contributed by atoms with van der Waals surface area (Å²) in [6.45, 7) is 0. The Morgan fingerprint density at radius 1 is 1.31 bits per heavy atom. The Bertz CT molecular complexity index is 643. The highest BCUT2D eigenvalue weighted by Crippen LogP contribution is 2.23. The lowest BCUT2D eigenvalue weighted by molar-refractivity contribution is 0.599. The van der Waals surface area contributed by atoms with E-state index in [0.29, 0.717) is 0 Å². The van der Waals surface area contributed by atoms with Crippen molar-refractivity contribution < 1.29 is 8.42 Å². The van der Waals surface area contributed by atoms with Crippen LogP contribution in [0.4, 0.5) is 0 Å². The summed E-state index contributed by atoms with van der Waals surface area (Å²) in [7, 11) is -1.10. The lowest BCUT2D eigenvalue weighted by Gasteiger charge is -2.02. The highest BCUT2D eigenvalue weighted by molar-refractivity contribution is 9.10. The highest BCUT2D eigenvalue weighted by atomic mass is 79.9. The molecule has 86 valence electrons. The number of fused-ring (bicyclic) bond motifs is 1. The summed E-state index contributed by atoms with van der Waals surface area (Å²) in [5.41, 5.74) is 1.86. The molecule has 16 heavy (non-hydrogen) atoms. The molecule has 1 aromatic carbocycles. The van der Waals surface area contributed by atoms with Crippen LogP contribution in [-0.2, 0) is 22.6 Å². The number of halogens is 1. The summed E-state index contributed by atoms with van der Waals surface area (Å²) in [6.07, 6.45) is 1.25. The van der Waals surface area contributed by atoms with Crippen LogP contribution in [0.25, 0.3) is 10.9 Å². The summed E-state index contributed by atoms with van der Waals surface area (Å²) in [5, 5.41) is 1.05. The van der Waals surface area contributed by atoms with E-state index in [2.05, 4.69) is 15.9 Å². The Balaban J connectivity index is 2.60. The molecule has 0 saturated heterocycles. The second-order valence-electron chi connectivity index (χ2n) is 3.97. The molecule has 0 radical (unpaired) electrons. The van der Waals surface area contributed by atoms with Crippen molar-refractivity contribution in [3.8, 4) is 0 Å². The van der Waals surface area contributed by atoms with E-state index in [-0.39, 0.29) is 5.75 Å². The molecular weight excluding hydrogens is 290 g/mol. The third kappa shape index (κ3) is 2.30. The van der Waals surface area contributed by atoms with E-state index in [0.717, 1.165) is 21.1 Å². The fraction of sp³-hybridized carbons (Fsp3) is 0.273. The first-order chi connectivity index (χ1) is 7.37. The van der Waals surface area contributed by atoms with E-state index in [1.807, 2.05) is 35.9 Å². The van der Waals surface area contributed by atoms with Gasteiger partial charge in [0.05, 0.1) is 5.75 Å². The molecule has 0 aliphatic rings. The van der Waals surface area contributed by atoms with Crippen molar-refractivity contribution in [2.75, 3.05) is 6.26 Å². The van der Waals surface area contributed by atoms with Gasteiger partial charge in [0.25, 0.3) is 0 Å². The van der Waals surface area contributed by atoms with Gasteiger partial charge in [-0.25, -0.2) is 8.42 Å². The number of sulfone groups is 1. The molecule has 2 aromatic rings. The number of hydrogen-bond donors (Lipinski definition) is 0. The molecule has 1 heterocycles. The minimum absolute atomic E-state index is 0.0792. The van der Waals surface area contributed by atoms with Crippen LogP contribution in [0, 0.1) is 0 Å². The van der Waals surface area contributed by atoms with Gasteiger partial charge in [0.15, 0.2) is 9.84 Å². The Hall–Kier alpha value is -0.810. The average molecular weight is 302 g/mol. The first kappa shape index (κ1) is 11.7. The molecule has 3 nitrogen and oxygen atoms in total. The highest BCUT2D eigenvalue weighted by Gasteiger charge is 2.11.